The van der Waals surface area contributed by atoms with Crippen LogP contribution < -0.4 is 0 Å². The summed E-state index contributed by atoms with van der Waals surface area (Å²) in [6.45, 7) is 12.0. The first-order valence-electron chi connectivity index (χ1n) is 7.90. The highest BCUT2D eigenvalue weighted by Gasteiger charge is 2.20. The van der Waals surface area contributed by atoms with Gasteiger partial charge in [0.05, 0.1) is 5.56 Å². The largest absolute Gasteiger partial charge is 0.507 e. The number of hydrogen-bond acceptors (Lipinski definition) is 2. The molecule has 0 saturated carbocycles. The smallest absolute Gasteiger partial charge is 0.257 e. The summed E-state index contributed by atoms with van der Waals surface area (Å²) >= 11 is 0. The summed E-state index contributed by atoms with van der Waals surface area (Å²) in [4.78, 5) is 14.6. The van der Waals surface area contributed by atoms with Gasteiger partial charge in [-0.1, -0.05) is 39.8 Å². The van der Waals surface area contributed by atoms with Crippen LogP contribution in [0.4, 0.5) is 0 Å². The quantitative estimate of drug-likeness (QED) is 0.816. The van der Waals surface area contributed by atoms with Crippen LogP contribution in [-0.4, -0.2) is 29.0 Å². The van der Waals surface area contributed by atoms with Crippen molar-refractivity contribution in [1.29, 1.82) is 0 Å². The van der Waals surface area contributed by atoms with Crippen molar-refractivity contribution in [3.05, 3.63) is 29.3 Å². The fourth-order valence-corrected chi connectivity index (χ4v) is 2.14. The van der Waals surface area contributed by atoms with E-state index in [2.05, 4.69) is 27.7 Å². The second kappa shape index (κ2) is 8.06. The van der Waals surface area contributed by atoms with Crippen LogP contribution in [0.25, 0.3) is 0 Å². The number of rotatable bonds is 7. The first-order chi connectivity index (χ1) is 9.82. The van der Waals surface area contributed by atoms with Crippen LogP contribution in [0.2, 0.25) is 0 Å². The zero-order chi connectivity index (χ0) is 16.0. The predicted molar refractivity (Wildman–Crippen MR) is 87.7 cm³/mol. The molecule has 0 aliphatic rings. The van der Waals surface area contributed by atoms with Gasteiger partial charge in [0.25, 0.3) is 5.91 Å². The summed E-state index contributed by atoms with van der Waals surface area (Å²) in [6.07, 6.45) is 1.97. The minimum atomic E-state index is -0.0579. The summed E-state index contributed by atoms with van der Waals surface area (Å²) in [6, 6.07) is 5.35. The maximum absolute atomic E-state index is 12.7. The van der Waals surface area contributed by atoms with E-state index in [9.17, 15) is 9.90 Å². The molecule has 0 aliphatic heterocycles. The molecule has 1 N–H and O–H groups in total. The molecule has 21 heavy (non-hydrogen) atoms. The Labute approximate surface area is 129 Å². The Balaban J connectivity index is 2.89. The number of phenolic OH excluding ortho intramolecular Hbond substituents is 1. The maximum atomic E-state index is 12.7. The van der Waals surface area contributed by atoms with Crippen LogP contribution in [0.3, 0.4) is 0 Å². The molecule has 0 fully saturated rings. The van der Waals surface area contributed by atoms with Gasteiger partial charge in [-0.15, -0.1) is 0 Å². The molecule has 0 bridgehead atoms. The molecular formula is C18H29NO2. The molecule has 1 amide bonds. The van der Waals surface area contributed by atoms with Gasteiger partial charge in [-0.05, 0) is 43.2 Å². The number of carbonyl (C=O) groups is 1. The van der Waals surface area contributed by atoms with Crippen LogP contribution in [0.1, 0.15) is 56.5 Å². The lowest BCUT2D eigenvalue weighted by molar-refractivity contribution is 0.0737. The molecule has 0 atom stereocenters. The molecule has 0 aliphatic carbocycles. The number of phenols is 1. The Kier molecular flexibility index (Phi) is 6.73. The maximum Gasteiger partial charge on any atom is 0.257 e. The van der Waals surface area contributed by atoms with Gasteiger partial charge in [0.1, 0.15) is 5.75 Å². The van der Waals surface area contributed by atoms with Gasteiger partial charge in [-0.25, -0.2) is 0 Å². The Morgan fingerprint density at radius 3 is 2.10 bits per heavy atom. The van der Waals surface area contributed by atoms with Crippen LogP contribution in [0.5, 0.6) is 5.75 Å². The first kappa shape index (κ1) is 17.5. The minimum Gasteiger partial charge on any atom is -0.507 e. The number of nitrogens with zero attached hydrogens (tertiary/aromatic N) is 1. The van der Waals surface area contributed by atoms with Gasteiger partial charge >= 0.3 is 0 Å². The Morgan fingerprint density at radius 2 is 1.62 bits per heavy atom. The summed E-state index contributed by atoms with van der Waals surface area (Å²) in [5.74, 6) is 1.18. The molecule has 1 aromatic carbocycles. The van der Waals surface area contributed by atoms with Crippen LogP contribution >= 0.6 is 0 Å². The zero-order valence-corrected chi connectivity index (χ0v) is 14.0. The molecule has 0 heterocycles. The van der Waals surface area contributed by atoms with Crippen molar-refractivity contribution >= 4 is 5.91 Å². The van der Waals surface area contributed by atoms with E-state index in [-0.39, 0.29) is 11.7 Å². The van der Waals surface area contributed by atoms with E-state index in [1.165, 1.54) is 0 Å². The van der Waals surface area contributed by atoms with E-state index in [1.54, 1.807) is 6.07 Å². The molecule has 3 nitrogen and oxygen atoms in total. The number of benzene rings is 1. The van der Waals surface area contributed by atoms with Crippen molar-refractivity contribution in [2.75, 3.05) is 13.1 Å². The predicted octanol–water partition coefficient (Wildman–Crippen LogP) is 4.24. The average Bonchev–Trinajstić information content (AvgIpc) is 2.40. The Bertz CT molecular complexity index is 454. The number of aryl methyl sites for hydroxylation is 1. The Hall–Kier alpha value is -1.51. The summed E-state index contributed by atoms with van der Waals surface area (Å²) < 4.78 is 0. The third-order valence-corrected chi connectivity index (χ3v) is 3.71. The second-order valence-electron chi connectivity index (χ2n) is 6.63. The van der Waals surface area contributed by atoms with Gasteiger partial charge in [-0.2, -0.15) is 0 Å². The molecule has 3 heteroatoms. The number of hydrogen-bond donors (Lipinski definition) is 1. The van der Waals surface area contributed by atoms with Gasteiger partial charge in [0.2, 0.25) is 0 Å². The topological polar surface area (TPSA) is 40.5 Å². The van der Waals surface area contributed by atoms with Crippen molar-refractivity contribution in [3.63, 3.8) is 0 Å². The van der Waals surface area contributed by atoms with Crippen LogP contribution in [-0.2, 0) is 0 Å². The van der Waals surface area contributed by atoms with Crippen LogP contribution in [0.15, 0.2) is 18.2 Å². The Morgan fingerprint density at radius 1 is 1.10 bits per heavy atom. The van der Waals surface area contributed by atoms with E-state index in [0.29, 0.717) is 17.4 Å². The highest BCUT2D eigenvalue weighted by molar-refractivity contribution is 5.97. The fraction of sp³-hybridized carbons (Fsp3) is 0.611. The lowest BCUT2D eigenvalue weighted by Crippen LogP contribution is -2.34. The molecule has 0 saturated heterocycles. The normalized spacial score (nSPS) is 11.2. The highest BCUT2D eigenvalue weighted by Crippen LogP contribution is 2.23. The van der Waals surface area contributed by atoms with E-state index in [0.717, 1.165) is 31.5 Å². The summed E-state index contributed by atoms with van der Waals surface area (Å²) in [5, 5.41) is 10.1. The molecule has 1 aromatic rings. The van der Waals surface area contributed by atoms with Crippen molar-refractivity contribution in [1.82, 2.24) is 4.90 Å². The van der Waals surface area contributed by atoms with Gasteiger partial charge in [0.15, 0.2) is 0 Å². The highest BCUT2D eigenvalue weighted by atomic mass is 16.3. The van der Waals surface area contributed by atoms with Crippen molar-refractivity contribution in [2.45, 2.75) is 47.5 Å². The average molecular weight is 291 g/mol. The molecule has 1 rings (SSSR count). The lowest BCUT2D eigenvalue weighted by Gasteiger charge is -2.25. The van der Waals surface area contributed by atoms with E-state index in [4.69, 9.17) is 0 Å². The fourth-order valence-electron chi connectivity index (χ4n) is 2.14. The zero-order valence-electron chi connectivity index (χ0n) is 14.0. The van der Waals surface area contributed by atoms with E-state index >= 15 is 0 Å². The summed E-state index contributed by atoms with van der Waals surface area (Å²) in [7, 11) is 0. The third kappa shape index (κ3) is 5.41. The minimum absolute atomic E-state index is 0.0579. The molecule has 0 unspecified atom stereocenters. The molecule has 0 spiro atoms. The van der Waals surface area contributed by atoms with Crippen molar-refractivity contribution in [3.8, 4) is 5.75 Å². The van der Waals surface area contributed by atoms with Gasteiger partial charge < -0.3 is 10.0 Å². The molecule has 118 valence electrons. The van der Waals surface area contributed by atoms with E-state index in [1.807, 2.05) is 24.0 Å². The summed E-state index contributed by atoms with van der Waals surface area (Å²) in [5.41, 5.74) is 1.16. The molecular weight excluding hydrogens is 262 g/mol. The number of amides is 1. The van der Waals surface area contributed by atoms with Crippen LogP contribution in [0, 0.1) is 18.8 Å². The first-order valence-corrected chi connectivity index (χ1v) is 7.90. The lowest BCUT2D eigenvalue weighted by atomic mass is 10.1. The monoisotopic (exact) mass is 291 g/mol. The van der Waals surface area contributed by atoms with Gasteiger partial charge in [-0.3, -0.25) is 4.79 Å². The number of carbonyl (C=O) groups excluding carboxylic acids is 1. The van der Waals surface area contributed by atoms with Crippen molar-refractivity contribution < 1.29 is 9.90 Å². The van der Waals surface area contributed by atoms with Crippen molar-refractivity contribution in [2.24, 2.45) is 11.8 Å². The SMILES string of the molecule is Cc1cccc(C(=O)N(CCC(C)C)CCC(C)C)c1O. The third-order valence-electron chi connectivity index (χ3n) is 3.71. The molecule has 0 aromatic heterocycles. The number of aromatic hydroxyl groups is 1. The number of para-hydroxylation sites is 1. The van der Waals surface area contributed by atoms with Gasteiger partial charge in [0, 0.05) is 13.1 Å². The van der Waals surface area contributed by atoms with E-state index < -0.39 is 0 Å². The second-order valence-corrected chi connectivity index (χ2v) is 6.63. The standard InChI is InChI=1S/C18H29NO2/c1-13(2)9-11-19(12-10-14(3)4)18(21)16-8-6-7-15(5)17(16)20/h6-8,13-14,20H,9-12H2,1-5H3. The molecule has 0 radical (unpaired) electrons.